The smallest absolute Gasteiger partial charge is 0.411 e. The van der Waals surface area contributed by atoms with Crippen LogP contribution < -0.4 is 0 Å². The van der Waals surface area contributed by atoms with Crippen molar-refractivity contribution in [2.45, 2.75) is 32.0 Å². The molecule has 0 aromatic heterocycles. The van der Waals surface area contributed by atoms with Gasteiger partial charge in [0.1, 0.15) is 6.61 Å². The lowest BCUT2D eigenvalue weighted by atomic mass is 10.2. The van der Waals surface area contributed by atoms with Crippen molar-refractivity contribution in [1.82, 2.24) is 4.90 Å². The number of Topliss-reactive ketones (excluding diaryl/α,β-unsaturated/α-hetero) is 1. The molecule has 21 heavy (non-hydrogen) atoms. The van der Waals surface area contributed by atoms with Crippen molar-refractivity contribution in [1.29, 1.82) is 0 Å². The first kappa shape index (κ1) is 15.0. The van der Waals surface area contributed by atoms with E-state index in [1.807, 2.05) is 30.3 Å². The molecule has 1 aliphatic heterocycles. The van der Waals surface area contributed by atoms with Crippen LogP contribution in [0.1, 0.15) is 18.9 Å². The van der Waals surface area contributed by atoms with Crippen LogP contribution in [0.3, 0.4) is 0 Å². The summed E-state index contributed by atoms with van der Waals surface area (Å²) < 4.78 is 9.77. The molecule has 2 unspecified atom stereocenters. The fraction of sp³-hybridized carbons (Fsp3) is 0.400. The Kier molecular flexibility index (Phi) is 4.57. The molecule has 6 heteroatoms. The van der Waals surface area contributed by atoms with Gasteiger partial charge in [-0.15, -0.1) is 0 Å². The molecular formula is C15H17NO5. The molecule has 0 N–H and O–H groups in total. The monoisotopic (exact) mass is 291 g/mol. The van der Waals surface area contributed by atoms with Gasteiger partial charge in [-0.1, -0.05) is 30.3 Å². The minimum atomic E-state index is -1.20. The molecule has 2 atom stereocenters. The van der Waals surface area contributed by atoms with Crippen molar-refractivity contribution in [2.75, 3.05) is 7.11 Å². The van der Waals surface area contributed by atoms with Crippen LogP contribution in [0, 0.1) is 0 Å². The maximum absolute atomic E-state index is 12.1. The number of hydrogen-bond donors (Lipinski definition) is 0. The lowest BCUT2D eigenvalue weighted by molar-refractivity contribution is -0.148. The Morgan fingerprint density at radius 1 is 1.29 bits per heavy atom. The molecule has 0 aliphatic carbocycles. The van der Waals surface area contributed by atoms with E-state index in [1.165, 1.54) is 7.11 Å². The van der Waals surface area contributed by atoms with E-state index in [0.717, 1.165) is 10.5 Å². The molecule has 0 radical (unpaired) electrons. The first-order valence-corrected chi connectivity index (χ1v) is 6.64. The summed E-state index contributed by atoms with van der Waals surface area (Å²) in [6, 6.07) is 7.59. The highest BCUT2D eigenvalue weighted by atomic mass is 16.6. The number of hydrogen-bond acceptors (Lipinski definition) is 5. The van der Waals surface area contributed by atoms with Gasteiger partial charge in [-0.05, 0) is 12.5 Å². The number of benzene rings is 1. The van der Waals surface area contributed by atoms with Gasteiger partial charge in [-0.25, -0.2) is 9.59 Å². The van der Waals surface area contributed by atoms with E-state index in [1.54, 1.807) is 6.92 Å². The molecule has 6 nitrogen and oxygen atoms in total. The molecule has 1 aliphatic rings. The zero-order chi connectivity index (χ0) is 15.4. The quantitative estimate of drug-likeness (QED) is 0.623. The van der Waals surface area contributed by atoms with Gasteiger partial charge in [0.25, 0.3) is 0 Å². The van der Waals surface area contributed by atoms with Gasteiger partial charge < -0.3 is 9.47 Å². The van der Waals surface area contributed by atoms with Crippen LogP contribution in [0.5, 0.6) is 0 Å². The number of rotatable bonds is 3. The lowest BCUT2D eigenvalue weighted by Crippen LogP contribution is -2.46. The van der Waals surface area contributed by atoms with E-state index in [-0.39, 0.29) is 24.9 Å². The van der Waals surface area contributed by atoms with E-state index in [9.17, 15) is 14.4 Å². The van der Waals surface area contributed by atoms with Crippen LogP contribution in [0.25, 0.3) is 0 Å². The van der Waals surface area contributed by atoms with Gasteiger partial charge in [0.05, 0.1) is 7.11 Å². The number of methoxy groups -OCH3 is 1. The molecule has 0 spiro atoms. The van der Waals surface area contributed by atoms with Gasteiger partial charge in [0.2, 0.25) is 0 Å². The van der Waals surface area contributed by atoms with E-state index >= 15 is 0 Å². The van der Waals surface area contributed by atoms with Crippen molar-refractivity contribution >= 4 is 17.8 Å². The molecule has 112 valence electrons. The van der Waals surface area contributed by atoms with E-state index in [4.69, 9.17) is 4.74 Å². The van der Waals surface area contributed by atoms with E-state index < -0.39 is 18.1 Å². The number of esters is 1. The van der Waals surface area contributed by atoms with Crippen LogP contribution in [-0.4, -0.2) is 41.9 Å². The van der Waals surface area contributed by atoms with Crippen LogP contribution in [-0.2, 0) is 25.7 Å². The predicted molar refractivity (Wildman–Crippen MR) is 73.4 cm³/mol. The summed E-state index contributed by atoms with van der Waals surface area (Å²) in [4.78, 5) is 36.8. The lowest BCUT2D eigenvalue weighted by Gasteiger charge is -2.24. The van der Waals surface area contributed by atoms with Crippen molar-refractivity contribution in [3.8, 4) is 0 Å². The maximum atomic E-state index is 12.1. The Bertz CT molecular complexity index is 534. The number of nitrogens with zero attached hydrogens (tertiary/aromatic N) is 1. The second kappa shape index (κ2) is 6.39. The summed E-state index contributed by atoms with van der Waals surface area (Å²) in [7, 11) is 1.19. The van der Waals surface area contributed by atoms with E-state index in [0.29, 0.717) is 0 Å². The Morgan fingerprint density at radius 2 is 1.95 bits per heavy atom. The minimum Gasteiger partial charge on any atom is -0.467 e. The minimum absolute atomic E-state index is 0.0883. The van der Waals surface area contributed by atoms with Gasteiger partial charge in [-0.2, -0.15) is 0 Å². The third kappa shape index (κ3) is 3.21. The second-order valence-electron chi connectivity index (χ2n) is 4.89. The molecule has 0 bridgehead atoms. The normalized spacial score (nSPS) is 21.2. The standard InChI is InChI=1S/C15H17NO5/c1-10-8-12(17)13(14(18)20-2)16(10)15(19)21-9-11-6-4-3-5-7-11/h3-7,10,13H,8-9H2,1-2H3. The number of ketones is 1. The Labute approximate surface area is 122 Å². The number of amides is 1. The van der Waals surface area contributed by atoms with Gasteiger partial charge >= 0.3 is 12.1 Å². The number of carbonyl (C=O) groups is 3. The Morgan fingerprint density at radius 3 is 2.57 bits per heavy atom. The molecule has 1 amide bonds. The summed E-state index contributed by atoms with van der Waals surface area (Å²) in [5, 5.41) is 0. The number of carbonyl (C=O) groups excluding carboxylic acids is 3. The van der Waals surface area contributed by atoms with Gasteiger partial charge in [0, 0.05) is 12.5 Å². The average Bonchev–Trinajstić information content (AvgIpc) is 2.79. The largest absolute Gasteiger partial charge is 0.467 e. The summed E-state index contributed by atoms with van der Waals surface area (Å²) in [6.07, 6.45) is -0.562. The first-order valence-electron chi connectivity index (χ1n) is 6.64. The Balaban J connectivity index is 2.05. The zero-order valence-corrected chi connectivity index (χ0v) is 11.9. The molecular weight excluding hydrogens is 274 g/mol. The average molecular weight is 291 g/mol. The highest BCUT2D eigenvalue weighted by Crippen LogP contribution is 2.23. The van der Waals surface area contributed by atoms with Crippen molar-refractivity contribution in [3.05, 3.63) is 35.9 Å². The van der Waals surface area contributed by atoms with Crippen LogP contribution in [0.15, 0.2) is 30.3 Å². The first-order chi connectivity index (χ1) is 10.0. The fourth-order valence-corrected chi connectivity index (χ4v) is 2.35. The highest BCUT2D eigenvalue weighted by Gasteiger charge is 2.46. The molecule has 1 aromatic rings. The SMILES string of the molecule is COC(=O)C1C(=O)CC(C)N1C(=O)OCc1ccccc1. The van der Waals surface area contributed by atoms with Crippen LogP contribution >= 0.6 is 0 Å². The number of ether oxygens (including phenoxy) is 2. The molecule has 2 rings (SSSR count). The van der Waals surface area contributed by atoms with Crippen molar-refractivity contribution in [3.63, 3.8) is 0 Å². The summed E-state index contributed by atoms with van der Waals surface area (Å²) in [6.45, 7) is 1.79. The second-order valence-corrected chi connectivity index (χ2v) is 4.89. The molecule has 1 heterocycles. The van der Waals surface area contributed by atoms with Crippen LogP contribution in [0.2, 0.25) is 0 Å². The number of likely N-dealkylation sites (tertiary alicyclic amines) is 1. The van der Waals surface area contributed by atoms with Gasteiger partial charge in [0.15, 0.2) is 11.8 Å². The fourth-order valence-electron chi connectivity index (χ4n) is 2.35. The molecule has 1 aromatic carbocycles. The molecule has 1 saturated heterocycles. The summed E-state index contributed by atoms with van der Waals surface area (Å²) >= 11 is 0. The summed E-state index contributed by atoms with van der Waals surface area (Å²) in [5.41, 5.74) is 0.832. The van der Waals surface area contributed by atoms with Crippen molar-refractivity contribution in [2.24, 2.45) is 0 Å². The van der Waals surface area contributed by atoms with E-state index in [2.05, 4.69) is 4.74 Å². The molecule has 0 saturated carbocycles. The van der Waals surface area contributed by atoms with Gasteiger partial charge in [-0.3, -0.25) is 9.69 Å². The highest BCUT2D eigenvalue weighted by molar-refractivity contribution is 6.07. The molecule has 1 fully saturated rings. The van der Waals surface area contributed by atoms with Crippen LogP contribution in [0.4, 0.5) is 4.79 Å². The predicted octanol–water partition coefficient (Wildman–Crippen LogP) is 1.53. The zero-order valence-electron chi connectivity index (χ0n) is 11.9. The maximum Gasteiger partial charge on any atom is 0.411 e. The third-order valence-electron chi connectivity index (χ3n) is 3.40. The summed E-state index contributed by atoms with van der Waals surface area (Å²) in [5.74, 6) is -1.06. The Hall–Kier alpha value is -2.37. The van der Waals surface area contributed by atoms with Crippen molar-refractivity contribution < 1.29 is 23.9 Å². The third-order valence-corrected chi connectivity index (χ3v) is 3.40. The topological polar surface area (TPSA) is 72.9 Å².